The molecule has 2 rings (SSSR count). The normalized spacial score (nSPS) is 23.0. The highest BCUT2D eigenvalue weighted by Crippen LogP contribution is 2.34. The molecule has 0 saturated carbocycles. The molecule has 0 aromatic heterocycles. The average Bonchev–Trinajstić information content (AvgIpc) is 2.33. The topological polar surface area (TPSA) is 55.5 Å². The molecule has 1 saturated heterocycles. The molecule has 2 atom stereocenters. The Morgan fingerprint density at radius 3 is 3.00 bits per heavy atom. The fraction of sp³-hybridized carbons (Fsp3) is 0.500. The van der Waals surface area contributed by atoms with Gasteiger partial charge in [0.25, 0.3) is 0 Å². The summed E-state index contributed by atoms with van der Waals surface area (Å²) < 4.78 is 6.22. The lowest BCUT2D eigenvalue weighted by molar-refractivity contribution is -0.00970. The van der Waals surface area contributed by atoms with E-state index in [0.717, 1.165) is 29.5 Å². The Morgan fingerprint density at radius 2 is 2.31 bits per heavy atom. The Morgan fingerprint density at radius 1 is 1.50 bits per heavy atom. The highest BCUT2D eigenvalue weighted by Gasteiger charge is 2.25. The summed E-state index contributed by atoms with van der Waals surface area (Å²) in [5, 5.41) is 10.3. The predicted octanol–water partition coefficient (Wildman–Crippen LogP) is 2.49. The molecule has 0 spiro atoms. The van der Waals surface area contributed by atoms with Crippen LogP contribution in [0, 0.1) is 5.92 Å². The van der Waals surface area contributed by atoms with E-state index >= 15 is 0 Å². The summed E-state index contributed by atoms with van der Waals surface area (Å²) in [7, 11) is 0. The van der Waals surface area contributed by atoms with Gasteiger partial charge in [0.1, 0.15) is 0 Å². The average molecular weight is 286 g/mol. The van der Waals surface area contributed by atoms with Crippen LogP contribution in [0.4, 0.5) is 5.69 Å². The molecule has 0 amide bonds. The molecule has 16 heavy (non-hydrogen) atoms. The number of anilines is 1. The van der Waals surface area contributed by atoms with Crippen LogP contribution in [0.2, 0.25) is 0 Å². The number of nitrogens with two attached hydrogens (primary N) is 1. The minimum atomic E-state index is -0.530. The van der Waals surface area contributed by atoms with Crippen molar-refractivity contribution in [1.82, 2.24) is 0 Å². The number of hydrogen-bond donors (Lipinski definition) is 2. The predicted molar refractivity (Wildman–Crippen MR) is 67.1 cm³/mol. The molecule has 1 aromatic carbocycles. The summed E-state index contributed by atoms with van der Waals surface area (Å²) in [5.41, 5.74) is 7.36. The molecule has 3 nitrogen and oxygen atoms in total. The molecule has 1 aromatic rings. The van der Waals surface area contributed by atoms with E-state index < -0.39 is 6.10 Å². The Labute approximate surface area is 104 Å². The molecule has 2 unspecified atom stereocenters. The van der Waals surface area contributed by atoms with Crippen LogP contribution >= 0.6 is 15.9 Å². The van der Waals surface area contributed by atoms with Crippen molar-refractivity contribution in [3.05, 3.63) is 28.2 Å². The van der Waals surface area contributed by atoms with Gasteiger partial charge in [0.05, 0.1) is 18.4 Å². The van der Waals surface area contributed by atoms with E-state index in [9.17, 15) is 5.11 Å². The molecular formula is C12H16BrNO2. The SMILES string of the molecule is Nc1c(Br)cccc1C(O)C1CCCOC1. The van der Waals surface area contributed by atoms with Gasteiger partial charge in [-0.25, -0.2) is 0 Å². The zero-order valence-electron chi connectivity index (χ0n) is 9.03. The lowest BCUT2D eigenvalue weighted by Crippen LogP contribution is -2.24. The number of benzene rings is 1. The minimum absolute atomic E-state index is 0.158. The van der Waals surface area contributed by atoms with Crippen molar-refractivity contribution in [3.63, 3.8) is 0 Å². The summed E-state index contributed by atoms with van der Waals surface area (Å²) in [5.74, 6) is 0.158. The standard InChI is InChI=1S/C12H16BrNO2/c13-10-5-1-4-9(11(10)14)12(15)8-3-2-6-16-7-8/h1,4-5,8,12,15H,2-3,6-7,14H2. The van der Waals surface area contributed by atoms with Gasteiger partial charge in [0.15, 0.2) is 0 Å². The zero-order chi connectivity index (χ0) is 11.5. The number of aliphatic hydroxyl groups excluding tert-OH is 1. The van der Waals surface area contributed by atoms with Gasteiger partial charge in [-0.2, -0.15) is 0 Å². The Balaban J connectivity index is 2.19. The maximum Gasteiger partial charge on any atom is 0.0860 e. The van der Waals surface area contributed by atoms with Crippen molar-refractivity contribution in [3.8, 4) is 0 Å². The van der Waals surface area contributed by atoms with Gasteiger partial charge >= 0.3 is 0 Å². The first-order valence-corrected chi connectivity index (χ1v) is 6.29. The zero-order valence-corrected chi connectivity index (χ0v) is 10.6. The first kappa shape index (κ1) is 11.9. The Kier molecular flexibility index (Phi) is 3.84. The third-order valence-electron chi connectivity index (χ3n) is 3.05. The fourth-order valence-corrected chi connectivity index (χ4v) is 2.46. The number of para-hydroxylation sites is 1. The molecule has 88 valence electrons. The van der Waals surface area contributed by atoms with Gasteiger partial charge in [0.2, 0.25) is 0 Å². The van der Waals surface area contributed by atoms with Crippen LogP contribution in [0.25, 0.3) is 0 Å². The van der Waals surface area contributed by atoms with E-state index in [0.29, 0.717) is 12.3 Å². The van der Waals surface area contributed by atoms with Crippen LogP contribution < -0.4 is 5.73 Å². The third kappa shape index (κ3) is 2.39. The van der Waals surface area contributed by atoms with Gasteiger partial charge in [-0.15, -0.1) is 0 Å². The fourth-order valence-electron chi connectivity index (χ4n) is 2.08. The lowest BCUT2D eigenvalue weighted by atomic mass is 9.90. The van der Waals surface area contributed by atoms with Gasteiger partial charge < -0.3 is 15.6 Å². The monoisotopic (exact) mass is 285 g/mol. The van der Waals surface area contributed by atoms with Crippen LogP contribution in [-0.4, -0.2) is 18.3 Å². The first-order chi connectivity index (χ1) is 7.70. The first-order valence-electron chi connectivity index (χ1n) is 5.50. The Hall–Kier alpha value is -0.580. The van der Waals surface area contributed by atoms with E-state index in [1.807, 2.05) is 18.2 Å². The molecule has 1 aliphatic rings. The second-order valence-corrected chi connectivity index (χ2v) is 5.02. The molecule has 4 heteroatoms. The van der Waals surface area contributed by atoms with Gasteiger partial charge in [0, 0.05) is 22.6 Å². The summed E-state index contributed by atoms with van der Waals surface area (Å²) >= 11 is 3.37. The van der Waals surface area contributed by atoms with E-state index in [2.05, 4.69) is 15.9 Å². The molecule has 0 bridgehead atoms. The van der Waals surface area contributed by atoms with Crippen LogP contribution in [-0.2, 0) is 4.74 Å². The third-order valence-corrected chi connectivity index (χ3v) is 3.74. The quantitative estimate of drug-likeness (QED) is 0.821. The van der Waals surface area contributed by atoms with E-state index in [1.54, 1.807) is 0 Å². The highest BCUT2D eigenvalue weighted by atomic mass is 79.9. The molecular weight excluding hydrogens is 270 g/mol. The number of halogens is 1. The van der Waals surface area contributed by atoms with E-state index in [1.165, 1.54) is 0 Å². The molecule has 3 N–H and O–H groups in total. The van der Waals surface area contributed by atoms with Crippen LogP contribution in [0.15, 0.2) is 22.7 Å². The smallest absolute Gasteiger partial charge is 0.0860 e. The van der Waals surface area contributed by atoms with E-state index in [4.69, 9.17) is 10.5 Å². The van der Waals surface area contributed by atoms with Crippen molar-refractivity contribution in [2.24, 2.45) is 5.92 Å². The number of rotatable bonds is 2. The number of aliphatic hydroxyl groups is 1. The maximum absolute atomic E-state index is 10.3. The molecule has 0 radical (unpaired) electrons. The molecule has 1 heterocycles. The summed E-state index contributed by atoms with van der Waals surface area (Å²) in [6.45, 7) is 1.42. The van der Waals surface area contributed by atoms with Crippen LogP contribution in [0.1, 0.15) is 24.5 Å². The van der Waals surface area contributed by atoms with Crippen molar-refractivity contribution in [2.45, 2.75) is 18.9 Å². The van der Waals surface area contributed by atoms with Gasteiger partial charge in [-0.1, -0.05) is 12.1 Å². The van der Waals surface area contributed by atoms with Gasteiger partial charge in [-0.05, 0) is 34.8 Å². The number of hydrogen-bond acceptors (Lipinski definition) is 3. The van der Waals surface area contributed by atoms with Gasteiger partial charge in [-0.3, -0.25) is 0 Å². The van der Waals surface area contributed by atoms with E-state index in [-0.39, 0.29) is 5.92 Å². The minimum Gasteiger partial charge on any atom is -0.398 e. The number of nitrogen functional groups attached to an aromatic ring is 1. The largest absolute Gasteiger partial charge is 0.398 e. The second kappa shape index (κ2) is 5.17. The highest BCUT2D eigenvalue weighted by molar-refractivity contribution is 9.10. The lowest BCUT2D eigenvalue weighted by Gasteiger charge is -2.27. The van der Waals surface area contributed by atoms with Crippen LogP contribution in [0.3, 0.4) is 0 Å². The van der Waals surface area contributed by atoms with Crippen LogP contribution in [0.5, 0.6) is 0 Å². The summed E-state index contributed by atoms with van der Waals surface area (Å²) in [6, 6.07) is 5.64. The van der Waals surface area contributed by atoms with Crippen molar-refractivity contribution < 1.29 is 9.84 Å². The van der Waals surface area contributed by atoms with Crippen molar-refractivity contribution in [2.75, 3.05) is 18.9 Å². The molecule has 1 aliphatic heterocycles. The molecule has 1 fully saturated rings. The summed E-state index contributed by atoms with van der Waals surface area (Å²) in [4.78, 5) is 0. The van der Waals surface area contributed by atoms with Crippen molar-refractivity contribution in [1.29, 1.82) is 0 Å². The summed E-state index contributed by atoms with van der Waals surface area (Å²) in [6.07, 6.45) is 1.47. The maximum atomic E-state index is 10.3. The second-order valence-electron chi connectivity index (χ2n) is 4.16. The number of ether oxygens (including phenoxy) is 1. The van der Waals surface area contributed by atoms with Crippen molar-refractivity contribution >= 4 is 21.6 Å². The Bertz CT molecular complexity index is 364. The molecule has 0 aliphatic carbocycles.